The molecule has 0 saturated carbocycles. The highest BCUT2D eigenvalue weighted by Gasteiger charge is 2.26. The van der Waals surface area contributed by atoms with E-state index < -0.39 is 55.5 Å². The number of hydrogen-bond acceptors (Lipinski definition) is 6. The maximum Gasteiger partial charge on any atom is 0.372 e. The number of aromatic nitrogens is 2. The van der Waals surface area contributed by atoms with E-state index in [-0.39, 0.29) is 17.0 Å². The van der Waals surface area contributed by atoms with Crippen LogP contribution in [0.3, 0.4) is 0 Å². The lowest BCUT2D eigenvalue weighted by molar-refractivity contribution is -0.129. The number of para-hydroxylation sites is 2. The molecule has 3 aromatic carbocycles. The van der Waals surface area contributed by atoms with Gasteiger partial charge < -0.3 is 20.9 Å². The van der Waals surface area contributed by atoms with Crippen molar-refractivity contribution in [3.05, 3.63) is 95.3 Å². The lowest BCUT2D eigenvalue weighted by Gasteiger charge is -2.10. The molecule has 0 saturated heterocycles. The number of fused-ring (bicyclic) bond motifs is 1. The fraction of sp³-hybridized carbons (Fsp3) is 0. The first-order valence-corrected chi connectivity index (χ1v) is 11.7. The van der Waals surface area contributed by atoms with E-state index in [0.29, 0.717) is 17.1 Å². The molecule has 5 N–H and O–H groups in total. The summed E-state index contributed by atoms with van der Waals surface area (Å²) in [6, 6.07) is 13.2. The summed E-state index contributed by atoms with van der Waals surface area (Å²) in [7, 11) is -4.63. The van der Waals surface area contributed by atoms with E-state index in [9.17, 15) is 31.9 Å². The van der Waals surface area contributed by atoms with Gasteiger partial charge in [-0.05, 0) is 36.4 Å². The van der Waals surface area contributed by atoms with Crippen molar-refractivity contribution >= 4 is 50.0 Å². The number of allylic oxidation sites excluding steroid dienone is 1. The molecule has 1 aromatic heterocycles. The molecule has 0 aliphatic heterocycles. The second-order valence-corrected chi connectivity index (χ2v) is 9.20. The Hall–Kier alpha value is -4.91. The van der Waals surface area contributed by atoms with Gasteiger partial charge in [-0.1, -0.05) is 24.3 Å². The molecule has 4 rings (SSSR count). The maximum absolute atomic E-state index is 13.9. The monoisotopic (exact) mass is 526 g/mol. The minimum absolute atomic E-state index is 0.158. The average molecular weight is 526 g/mol. The molecule has 13 heteroatoms. The smallest absolute Gasteiger partial charge is 0.372 e. The summed E-state index contributed by atoms with van der Waals surface area (Å²) in [6.45, 7) is 0. The van der Waals surface area contributed by atoms with Crippen LogP contribution in [-0.2, 0) is 14.8 Å². The second-order valence-electron chi connectivity index (χ2n) is 7.60. The van der Waals surface area contributed by atoms with Crippen LogP contribution in [0.15, 0.2) is 76.0 Å². The Bertz CT molecular complexity index is 1690. The fourth-order valence-electron chi connectivity index (χ4n) is 3.40. The first kappa shape index (κ1) is 25.2. The molecule has 0 aliphatic rings. The number of Topliss-reactive ketones (excluding diaryl/α,β-unsaturated/α-hetero) is 1. The fourth-order valence-corrected chi connectivity index (χ4v) is 4.37. The van der Waals surface area contributed by atoms with Crippen LogP contribution in [0, 0.1) is 11.6 Å². The molecule has 0 unspecified atom stereocenters. The maximum atomic E-state index is 13.9. The summed E-state index contributed by atoms with van der Waals surface area (Å²) >= 11 is 0. The predicted octanol–water partition coefficient (Wildman–Crippen LogP) is 3.28. The third kappa shape index (κ3) is 5.21. The van der Waals surface area contributed by atoms with Crippen molar-refractivity contribution in [1.29, 1.82) is 0 Å². The molecular formula is C24H16F2N4O6S. The number of hydrogen-bond donors (Lipinski definition) is 4. The van der Waals surface area contributed by atoms with Gasteiger partial charge in [0.25, 0.3) is 10.0 Å². The molecule has 188 valence electrons. The quantitative estimate of drug-likeness (QED) is 0.0973. The second kappa shape index (κ2) is 9.62. The van der Waals surface area contributed by atoms with E-state index in [1.54, 1.807) is 24.3 Å². The van der Waals surface area contributed by atoms with Crippen molar-refractivity contribution in [1.82, 2.24) is 9.97 Å². The Balaban J connectivity index is 1.91. The minimum Gasteiger partial charge on any atom is -0.506 e. The molecule has 0 amide bonds. The number of benzene rings is 3. The Morgan fingerprint density at radius 2 is 1.59 bits per heavy atom. The summed E-state index contributed by atoms with van der Waals surface area (Å²) in [5.74, 6) is -6.93. The van der Waals surface area contributed by atoms with Crippen LogP contribution in [0.25, 0.3) is 22.4 Å². The Kier molecular flexibility index (Phi) is 6.55. The summed E-state index contributed by atoms with van der Waals surface area (Å²) in [5.41, 5.74) is 4.84. The highest BCUT2D eigenvalue weighted by atomic mass is 32.2. The van der Waals surface area contributed by atoms with Crippen LogP contribution < -0.4 is 5.73 Å². The summed E-state index contributed by atoms with van der Waals surface area (Å²) in [5, 5.41) is 19.8. The molecule has 0 spiro atoms. The first-order valence-electron chi connectivity index (χ1n) is 10.3. The number of imidazole rings is 1. The zero-order valence-electron chi connectivity index (χ0n) is 18.5. The number of amidine groups is 1. The standard InChI is InChI=1S/C24H16F2N4O6S/c25-14-8-13(9-15(26)11-14)21(32)19(23-28-17-6-1-2-7-18(17)29-23)20(31)12-4-3-5-16(10-12)37(35,36)30-22(27)24(33)34/h1-11,32H,(H2,27,30)(H,28,29)(H,33,34). The van der Waals surface area contributed by atoms with Crippen molar-refractivity contribution in [3.63, 3.8) is 0 Å². The van der Waals surface area contributed by atoms with E-state index in [4.69, 9.17) is 10.8 Å². The van der Waals surface area contributed by atoms with Gasteiger partial charge in [0.05, 0.1) is 15.9 Å². The largest absolute Gasteiger partial charge is 0.506 e. The third-order valence-corrected chi connectivity index (χ3v) is 6.34. The van der Waals surface area contributed by atoms with E-state index in [1.165, 1.54) is 12.1 Å². The van der Waals surface area contributed by atoms with Gasteiger partial charge in [0, 0.05) is 17.2 Å². The lowest BCUT2D eigenvalue weighted by atomic mass is 9.98. The molecule has 10 nitrogen and oxygen atoms in total. The SMILES string of the molecule is NC(=NS(=O)(=O)c1cccc(C(=O)C(=C(O)c2cc(F)cc(F)c2)c2nc3ccccc3[nH]2)c1)C(=O)O. The number of rotatable bonds is 6. The van der Waals surface area contributed by atoms with Crippen LogP contribution >= 0.6 is 0 Å². The Morgan fingerprint density at radius 1 is 0.919 bits per heavy atom. The number of nitrogens with zero attached hydrogens (tertiary/aromatic N) is 2. The molecule has 0 aliphatic carbocycles. The van der Waals surface area contributed by atoms with E-state index in [1.807, 2.05) is 0 Å². The average Bonchev–Trinajstić information content (AvgIpc) is 3.26. The molecule has 0 fully saturated rings. The van der Waals surface area contributed by atoms with E-state index in [0.717, 1.165) is 24.3 Å². The number of carbonyl (C=O) groups is 2. The van der Waals surface area contributed by atoms with Crippen molar-refractivity contribution in [2.75, 3.05) is 0 Å². The number of carboxylic acid groups (broad SMARTS) is 1. The summed E-state index contributed by atoms with van der Waals surface area (Å²) < 4.78 is 55.8. The van der Waals surface area contributed by atoms with Crippen molar-refractivity contribution in [2.45, 2.75) is 4.90 Å². The van der Waals surface area contributed by atoms with E-state index in [2.05, 4.69) is 14.4 Å². The third-order valence-electron chi connectivity index (χ3n) is 5.06. The molecule has 1 heterocycles. The van der Waals surface area contributed by atoms with Crippen LogP contribution in [-0.4, -0.2) is 46.2 Å². The zero-order chi connectivity index (χ0) is 26.9. The van der Waals surface area contributed by atoms with Crippen LogP contribution in [0.4, 0.5) is 8.78 Å². The van der Waals surface area contributed by atoms with Gasteiger partial charge in [-0.25, -0.2) is 18.6 Å². The molecule has 4 aromatic rings. The number of aliphatic hydroxyl groups excluding tert-OH is 1. The van der Waals surface area contributed by atoms with Gasteiger partial charge >= 0.3 is 5.97 Å². The van der Waals surface area contributed by atoms with Gasteiger partial charge in [0.2, 0.25) is 11.6 Å². The van der Waals surface area contributed by atoms with Gasteiger partial charge in [-0.3, -0.25) is 4.79 Å². The number of sulfonamides is 1. The number of H-pyrrole nitrogens is 1. The number of ketones is 1. The number of aliphatic carboxylic acids is 1. The summed E-state index contributed by atoms with van der Waals surface area (Å²) in [6.07, 6.45) is 0. The number of nitrogens with two attached hydrogens (primary N) is 1. The highest BCUT2D eigenvalue weighted by Crippen LogP contribution is 2.29. The summed E-state index contributed by atoms with van der Waals surface area (Å²) in [4.78, 5) is 31.1. The van der Waals surface area contributed by atoms with Crippen molar-refractivity contribution in [3.8, 4) is 0 Å². The zero-order valence-corrected chi connectivity index (χ0v) is 19.3. The van der Waals surface area contributed by atoms with Crippen molar-refractivity contribution < 1.29 is 37.0 Å². The predicted molar refractivity (Wildman–Crippen MR) is 129 cm³/mol. The number of aromatic amines is 1. The topological polar surface area (TPSA) is 176 Å². The molecule has 0 bridgehead atoms. The van der Waals surface area contributed by atoms with Crippen LogP contribution in [0.1, 0.15) is 21.7 Å². The number of carboxylic acids is 1. The number of carbonyl (C=O) groups excluding carboxylic acids is 1. The van der Waals surface area contributed by atoms with E-state index >= 15 is 0 Å². The Labute approximate surface area is 207 Å². The molecule has 37 heavy (non-hydrogen) atoms. The van der Waals surface area contributed by atoms with Crippen LogP contribution in [0.2, 0.25) is 0 Å². The van der Waals surface area contributed by atoms with Gasteiger partial charge in [0.15, 0.2) is 0 Å². The molecule has 0 atom stereocenters. The number of nitrogens with one attached hydrogen (secondary N) is 1. The van der Waals surface area contributed by atoms with Gasteiger partial charge in [0.1, 0.15) is 28.8 Å². The minimum atomic E-state index is -4.63. The number of aliphatic hydroxyl groups is 1. The normalized spacial score (nSPS) is 12.9. The molecule has 0 radical (unpaired) electrons. The Morgan fingerprint density at radius 3 is 2.24 bits per heavy atom. The highest BCUT2D eigenvalue weighted by molar-refractivity contribution is 7.90. The molecular weight excluding hydrogens is 510 g/mol. The first-order chi connectivity index (χ1) is 17.5. The van der Waals surface area contributed by atoms with Gasteiger partial charge in [-0.2, -0.15) is 8.42 Å². The number of halogens is 2. The lowest BCUT2D eigenvalue weighted by Crippen LogP contribution is -2.24. The van der Waals surface area contributed by atoms with Gasteiger partial charge in [-0.15, -0.1) is 4.40 Å². The van der Waals surface area contributed by atoms with Crippen molar-refractivity contribution in [2.24, 2.45) is 10.1 Å². The van der Waals surface area contributed by atoms with Crippen LogP contribution in [0.5, 0.6) is 0 Å².